The maximum atomic E-state index is 14.0. The molecule has 0 fully saturated rings. The van der Waals surface area contributed by atoms with Gasteiger partial charge in [0.2, 0.25) is 0 Å². The van der Waals surface area contributed by atoms with E-state index in [0.29, 0.717) is 54.7 Å². The number of hydrogen-bond acceptors (Lipinski definition) is 8. The lowest BCUT2D eigenvalue weighted by Gasteiger charge is -2.25. The fourth-order valence-electron chi connectivity index (χ4n) is 5.07. The first-order chi connectivity index (χ1) is 21.4. The van der Waals surface area contributed by atoms with Gasteiger partial charge in [0.1, 0.15) is 17.3 Å². The molecular formula is C34H27N3O6S. The number of benzene rings is 3. The highest BCUT2D eigenvalue weighted by atomic mass is 32.1. The molecule has 6 rings (SSSR count). The van der Waals surface area contributed by atoms with Crippen LogP contribution in [0.1, 0.15) is 34.6 Å². The molecule has 0 aliphatic carbocycles. The zero-order chi connectivity index (χ0) is 30.8. The third-order valence-electron chi connectivity index (χ3n) is 7.20. The lowest BCUT2D eigenvalue weighted by molar-refractivity contribution is -0.113. The lowest BCUT2D eigenvalue weighted by Crippen LogP contribution is -2.40. The Labute approximate surface area is 256 Å². The number of anilines is 1. The van der Waals surface area contributed by atoms with Gasteiger partial charge in [0.15, 0.2) is 4.80 Å². The molecule has 9 nitrogen and oxygen atoms in total. The van der Waals surface area contributed by atoms with Crippen molar-refractivity contribution in [3.63, 3.8) is 0 Å². The van der Waals surface area contributed by atoms with E-state index in [0.717, 1.165) is 5.56 Å². The topological polar surface area (TPSA) is 112 Å². The number of rotatable bonds is 7. The van der Waals surface area contributed by atoms with Gasteiger partial charge in [-0.3, -0.25) is 14.2 Å². The van der Waals surface area contributed by atoms with Crippen LogP contribution in [0.25, 0.3) is 17.4 Å². The number of nitrogens with one attached hydrogen (secondary N) is 1. The maximum absolute atomic E-state index is 14.0. The van der Waals surface area contributed by atoms with E-state index >= 15 is 0 Å². The molecule has 1 aliphatic heterocycles. The maximum Gasteiger partial charge on any atom is 0.337 e. The van der Waals surface area contributed by atoms with Crippen LogP contribution in [0.15, 0.2) is 116 Å². The Balaban J connectivity index is 1.42. The number of para-hydroxylation sites is 1. The second-order valence-corrected chi connectivity index (χ2v) is 11.0. The molecule has 1 amide bonds. The van der Waals surface area contributed by atoms with E-state index in [4.69, 9.17) is 18.9 Å². The normalized spacial score (nSPS) is 14.5. The Hall–Kier alpha value is -5.48. The molecule has 1 N–H and O–H groups in total. The highest BCUT2D eigenvalue weighted by molar-refractivity contribution is 7.07. The molecule has 220 valence electrons. The summed E-state index contributed by atoms with van der Waals surface area (Å²) in [4.78, 5) is 44.8. The molecule has 44 heavy (non-hydrogen) atoms. The standard InChI is InChI=1S/C34H27N3O6S/c1-20-29(31(38)36-24-10-5-4-6-11-24)30(21-12-14-25(41-2)15-13-21)37-32(39)28(44-34(37)35-20)19-26-16-17-27(43-26)22-8-7-9-23(18-22)33(40)42-3/h4-19,30H,1-3H3,(H,36,38)/b28-19+/t30-/m1/s1. The molecule has 0 bridgehead atoms. The zero-order valence-electron chi connectivity index (χ0n) is 24.1. The third kappa shape index (κ3) is 5.50. The summed E-state index contributed by atoms with van der Waals surface area (Å²) in [7, 11) is 2.91. The van der Waals surface area contributed by atoms with E-state index in [1.54, 1.807) is 79.3 Å². The van der Waals surface area contributed by atoms with Crippen LogP contribution in [0, 0.1) is 0 Å². The van der Waals surface area contributed by atoms with Gasteiger partial charge < -0.3 is 19.2 Å². The molecule has 1 atom stereocenters. The SMILES string of the molecule is COC(=O)c1cccc(-c2ccc(/C=c3/sc4n(c3=O)[C@H](c3ccc(OC)cc3)C(C(=O)Nc3ccccc3)=C(C)N=4)o2)c1. The quantitative estimate of drug-likeness (QED) is 0.264. The van der Waals surface area contributed by atoms with E-state index in [-0.39, 0.29) is 11.5 Å². The van der Waals surface area contributed by atoms with Crippen molar-refractivity contribution >= 4 is 35.0 Å². The number of furan rings is 1. The van der Waals surface area contributed by atoms with Crippen LogP contribution >= 0.6 is 11.3 Å². The summed E-state index contributed by atoms with van der Waals surface area (Å²) in [6, 6.07) is 26.1. The molecule has 0 spiro atoms. The molecule has 3 heterocycles. The van der Waals surface area contributed by atoms with Crippen LogP contribution in [0.4, 0.5) is 5.69 Å². The second kappa shape index (κ2) is 12.0. The molecule has 0 saturated carbocycles. The van der Waals surface area contributed by atoms with Gasteiger partial charge in [-0.2, -0.15) is 0 Å². The predicted octanol–water partition coefficient (Wildman–Crippen LogP) is 4.93. The Morgan fingerprint density at radius 2 is 1.75 bits per heavy atom. The number of aromatic nitrogens is 1. The van der Waals surface area contributed by atoms with Crippen molar-refractivity contribution in [2.75, 3.05) is 19.5 Å². The molecule has 0 radical (unpaired) electrons. The first kappa shape index (κ1) is 28.6. The summed E-state index contributed by atoms with van der Waals surface area (Å²) in [5, 5.41) is 2.95. The summed E-state index contributed by atoms with van der Waals surface area (Å²) >= 11 is 1.22. The number of amides is 1. The third-order valence-corrected chi connectivity index (χ3v) is 8.18. The van der Waals surface area contributed by atoms with Crippen molar-refractivity contribution in [1.82, 2.24) is 4.57 Å². The van der Waals surface area contributed by atoms with Gasteiger partial charge in [0.25, 0.3) is 11.5 Å². The van der Waals surface area contributed by atoms with E-state index in [9.17, 15) is 14.4 Å². The number of esters is 1. The number of ether oxygens (including phenoxy) is 2. The molecule has 2 aromatic heterocycles. The Morgan fingerprint density at radius 1 is 0.977 bits per heavy atom. The number of hydrogen-bond donors (Lipinski definition) is 1. The van der Waals surface area contributed by atoms with E-state index in [2.05, 4.69) is 5.32 Å². The summed E-state index contributed by atoms with van der Waals surface area (Å²) in [5.74, 6) is 0.840. The lowest BCUT2D eigenvalue weighted by atomic mass is 9.95. The van der Waals surface area contributed by atoms with Crippen molar-refractivity contribution in [1.29, 1.82) is 0 Å². The number of carbonyl (C=O) groups is 2. The van der Waals surface area contributed by atoms with Crippen molar-refractivity contribution in [2.24, 2.45) is 4.99 Å². The molecule has 1 aliphatic rings. The molecule has 0 saturated heterocycles. The molecule has 10 heteroatoms. The van der Waals surface area contributed by atoms with Crippen molar-refractivity contribution < 1.29 is 23.5 Å². The van der Waals surface area contributed by atoms with Gasteiger partial charge in [0.05, 0.1) is 41.6 Å². The summed E-state index contributed by atoms with van der Waals surface area (Å²) in [6.07, 6.45) is 1.66. The number of allylic oxidation sites excluding steroid dienone is 1. The van der Waals surface area contributed by atoms with Crippen LogP contribution in [0.5, 0.6) is 5.75 Å². The largest absolute Gasteiger partial charge is 0.497 e. The first-order valence-corrected chi connectivity index (χ1v) is 14.5. The minimum Gasteiger partial charge on any atom is -0.497 e. The number of nitrogens with zero attached hydrogens (tertiary/aromatic N) is 2. The second-order valence-electron chi connectivity index (χ2n) is 9.95. The van der Waals surface area contributed by atoms with Gasteiger partial charge in [-0.1, -0.05) is 53.8 Å². The van der Waals surface area contributed by atoms with Gasteiger partial charge in [-0.25, -0.2) is 9.79 Å². The average molecular weight is 606 g/mol. The van der Waals surface area contributed by atoms with Crippen LogP contribution in [-0.4, -0.2) is 30.7 Å². The van der Waals surface area contributed by atoms with Crippen LogP contribution in [-0.2, 0) is 9.53 Å². The number of methoxy groups -OCH3 is 2. The first-order valence-electron chi connectivity index (χ1n) is 13.7. The fraction of sp³-hybridized carbons (Fsp3) is 0.118. The highest BCUT2D eigenvalue weighted by Crippen LogP contribution is 2.32. The van der Waals surface area contributed by atoms with Crippen LogP contribution < -0.4 is 24.9 Å². The minimum atomic E-state index is -0.726. The predicted molar refractivity (Wildman–Crippen MR) is 167 cm³/mol. The Bertz CT molecular complexity index is 2090. The Kier molecular flexibility index (Phi) is 7.82. The van der Waals surface area contributed by atoms with Gasteiger partial charge in [0, 0.05) is 17.3 Å². The average Bonchev–Trinajstić information content (AvgIpc) is 3.64. The number of carbonyl (C=O) groups excluding carboxylic acids is 2. The van der Waals surface area contributed by atoms with Gasteiger partial charge in [-0.15, -0.1) is 0 Å². The van der Waals surface area contributed by atoms with E-state index in [1.807, 2.05) is 36.4 Å². The van der Waals surface area contributed by atoms with Crippen molar-refractivity contribution in [3.8, 4) is 17.1 Å². The monoisotopic (exact) mass is 605 g/mol. The molecular weight excluding hydrogens is 578 g/mol. The highest BCUT2D eigenvalue weighted by Gasteiger charge is 2.32. The van der Waals surface area contributed by atoms with Crippen molar-refractivity contribution in [2.45, 2.75) is 13.0 Å². The van der Waals surface area contributed by atoms with Crippen LogP contribution in [0.2, 0.25) is 0 Å². The van der Waals surface area contributed by atoms with Crippen molar-refractivity contribution in [3.05, 3.63) is 139 Å². The van der Waals surface area contributed by atoms with Gasteiger partial charge in [-0.05, 0) is 61.0 Å². The molecule has 0 unspecified atom stereocenters. The smallest absolute Gasteiger partial charge is 0.337 e. The van der Waals surface area contributed by atoms with E-state index < -0.39 is 12.0 Å². The number of fused-ring (bicyclic) bond motifs is 1. The fourth-order valence-corrected chi connectivity index (χ4v) is 6.09. The molecule has 3 aromatic carbocycles. The summed E-state index contributed by atoms with van der Waals surface area (Å²) in [6.45, 7) is 1.77. The van der Waals surface area contributed by atoms with Crippen LogP contribution in [0.3, 0.4) is 0 Å². The molecule has 5 aromatic rings. The van der Waals surface area contributed by atoms with Gasteiger partial charge >= 0.3 is 5.97 Å². The zero-order valence-corrected chi connectivity index (χ0v) is 24.9. The summed E-state index contributed by atoms with van der Waals surface area (Å²) in [5.41, 5.74) is 3.03. The Morgan fingerprint density at radius 3 is 2.48 bits per heavy atom. The minimum absolute atomic E-state index is 0.308. The van der Waals surface area contributed by atoms with E-state index in [1.165, 1.54) is 18.4 Å². The summed E-state index contributed by atoms with van der Waals surface area (Å²) < 4.78 is 18.1. The number of thiazole rings is 1.